The molecule has 0 spiro atoms. The zero-order chi connectivity index (χ0) is 16.8. The summed E-state index contributed by atoms with van der Waals surface area (Å²) in [5.74, 6) is 0.207. The summed E-state index contributed by atoms with van der Waals surface area (Å²) in [5, 5.41) is 5.64. The van der Waals surface area contributed by atoms with Crippen molar-refractivity contribution in [2.75, 3.05) is 16.4 Å². The summed E-state index contributed by atoms with van der Waals surface area (Å²) in [4.78, 5) is 24.0. The third kappa shape index (κ3) is 5.45. The fourth-order valence-electron chi connectivity index (χ4n) is 2.13. The molecule has 5 heteroatoms. The van der Waals surface area contributed by atoms with Gasteiger partial charge in [-0.2, -0.15) is 0 Å². The smallest absolute Gasteiger partial charge is 0.234 e. The Labute approximate surface area is 140 Å². The molecule has 0 saturated heterocycles. The molecule has 0 saturated carbocycles. The van der Waals surface area contributed by atoms with Crippen LogP contribution in [0.15, 0.2) is 47.4 Å². The number of benzene rings is 2. The lowest BCUT2D eigenvalue weighted by Crippen LogP contribution is -2.14. The zero-order valence-corrected chi connectivity index (χ0v) is 14.3. The first-order valence-corrected chi connectivity index (χ1v) is 8.30. The number of amides is 2. The highest BCUT2D eigenvalue weighted by Crippen LogP contribution is 2.21. The predicted octanol–water partition coefficient (Wildman–Crippen LogP) is 3.99. The molecule has 2 rings (SSSR count). The fourth-order valence-corrected chi connectivity index (χ4v) is 2.83. The van der Waals surface area contributed by atoms with Crippen molar-refractivity contribution in [3.05, 3.63) is 53.6 Å². The van der Waals surface area contributed by atoms with E-state index in [2.05, 4.69) is 10.6 Å². The van der Waals surface area contributed by atoms with Crippen LogP contribution in [0.2, 0.25) is 0 Å². The lowest BCUT2D eigenvalue weighted by Gasteiger charge is -2.09. The van der Waals surface area contributed by atoms with Crippen LogP contribution < -0.4 is 10.6 Å². The van der Waals surface area contributed by atoms with Gasteiger partial charge in [0.05, 0.1) is 5.75 Å². The van der Waals surface area contributed by atoms with Crippen LogP contribution in [0.1, 0.15) is 18.1 Å². The highest BCUT2D eigenvalue weighted by Gasteiger charge is 2.06. The maximum atomic E-state index is 12.0. The van der Waals surface area contributed by atoms with Gasteiger partial charge in [0.2, 0.25) is 11.8 Å². The minimum absolute atomic E-state index is 0.0344. The van der Waals surface area contributed by atoms with E-state index in [-0.39, 0.29) is 11.8 Å². The molecule has 0 radical (unpaired) electrons. The molecule has 2 aromatic rings. The van der Waals surface area contributed by atoms with Gasteiger partial charge in [-0.1, -0.05) is 17.7 Å². The van der Waals surface area contributed by atoms with Crippen LogP contribution in [0.5, 0.6) is 0 Å². The molecule has 0 aliphatic heterocycles. The number of nitrogens with one attached hydrogen (secondary N) is 2. The van der Waals surface area contributed by atoms with Gasteiger partial charge in [0, 0.05) is 23.2 Å². The normalized spacial score (nSPS) is 10.2. The molecule has 0 bridgehead atoms. The van der Waals surface area contributed by atoms with Crippen molar-refractivity contribution in [1.82, 2.24) is 0 Å². The Balaban J connectivity index is 1.87. The van der Waals surface area contributed by atoms with Crippen LogP contribution in [0.25, 0.3) is 0 Å². The van der Waals surface area contributed by atoms with Crippen molar-refractivity contribution >= 4 is 35.0 Å². The average molecular weight is 328 g/mol. The second kappa shape index (κ2) is 7.83. The zero-order valence-electron chi connectivity index (χ0n) is 13.5. The summed E-state index contributed by atoms with van der Waals surface area (Å²) in [6, 6.07) is 13.4. The Morgan fingerprint density at radius 1 is 1.00 bits per heavy atom. The first-order chi connectivity index (χ1) is 10.9. The van der Waals surface area contributed by atoms with Crippen molar-refractivity contribution in [3.63, 3.8) is 0 Å². The number of carbonyl (C=O) groups is 2. The van der Waals surface area contributed by atoms with Gasteiger partial charge < -0.3 is 10.6 Å². The Hall–Kier alpha value is -2.27. The van der Waals surface area contributed by atoms with E-state index < -0.39 is 0 Å². The third-order valence-electron chi connectivity index (χ3n) is 3.20. The molecular weight excluding hydrogens is 308 g/mol. The first-order valence-electron chi connectivity index (χ1n) is 7.31. The number of carbonyl (C=O) groups excluding carboxylic acids is 2. The first kappa shape index (κ1) is 17.1. The van der Waals surface area contributed by atoms with Crippen molar-refractivity contribution in [3.8, 4) is 0 Å². The standard InChI is InChI=1S/C18H20N2O2S/c1-12-4-9-17(13(2)10-12)20-18(22)11-23-16-7-5-15(6-8-16)19-14(3)21/h4-10H,11H2,1-3H3,(H,19,21)(H,20,22). The molecule has 4 nitrogen and oxygen atoms in total. The number of rotatable bonds is 5. The lowest BCUT2D eigenvalue weighted by molar-refractivity contribution is -0.114. The molecule has 0 heterocycles. The summed E-state index contributed by atoms with van der Waals surface area (Å²) >= 11 is 1.46. The van der Waals surface area contributed by atoms with Gasteiger partial charge in [-0.3, -0.25) is 9.59 Å². The number of hydrogen-bond acceptors (Lipinski definition) is 3. The maximum Gasteiger partial charge on any atom is 0.234 e. The Morgan fingerprint density at radius 3 is 2.30 bits per heavy atom. The molecule has 23 heavy (non-hydrogen) atoms. The Kier molecular flexibility index (Phi) is 5.82. The van der Waals surface area contributed by atoms with Gasteiger partial charge in [-0.05, 0) is 49.7 Å². The molecule has 0 aliphatic carbocycles. The molecule has 0 atom stereocenters. The van der Waals surface area contributed by atoms with E-state index in [4.69, 9.17) is 0 Å². The van der Waals surface area contributed by atoms with Crippen LogP contribution in [0.4, 0.5) is 11.4 Å². The highest BCUT2D eigenvalue weighted by molar-refractivity contribution is 8.00. The summed E-state index contributed by atoms with van der Waals surface area (Å²) in [5.41, 5.74) is 3.83. The average Bonchev–Trinajstić information content (AvgIpc) is 2.49. The molecule has 0 unspecified atom stereocenters. The molecule has 0 fully saturated rings. The minimum atomic E-state index is -0.0988. The van der Waals surface area contributed by atoms with Crippen LogP contribution in [-0.2, 0) is 9.59 Å². The topological polar surface area (TPSA) is 58.2 Å². The Morgan fingerprint density at radius 2 is 1.70 bits per heavy atom. The molecule has 2 N–H and O–H groups in total. The number of anilines is 2. The SMILES string of the molecule is CC(=O)Nc1ccc(SCC(=O)Nc2ccc(C)cc2C)cc1. The lowest BCUT2D eigenvalue weighted by atomic mass is 10.1. The second-order valence-electron chi connectivity index (χ2n) is 5.36. The molecular formula is C18H20N2O2S. The number of aryl methyl sites for hydroxylation is 2. The van der Waals surface area contributed by atoms with Gasteiger partial charge in [0.25, 0.3) is 0 Å². The van der Waals surface area contributed by atoms with Gasteiger partial charge >= 0.3 is 0 Å². The van der Waals surface area contributed by atoms with Crippen molar-refractivity contribution in [2.24, 2.45) is 0 Å². The van der Waals surface area contributed by atoms with E-state index in [1.165, 1.54) is 24.2 Å². The van der Waals surface area contributed by atoms with Crippen molar-refractivity contribution in [1.29, 1.82) is 0 Å². The summed E-state index contributed by atoms with van der Waals surface area (Å²) in [6.07, 6.45) is 0. The van der Waals surface area contributed by atoms with E-state index in [1.807, 2.05) is 56.3 Å². The summed E-state index contributed by atoms with van der Waals surface area (Å²) in [6.45, 7) is 5.48. The monoisotopic (exact) mass is 328 g/mol. The predicted molar refractivity (Wildman–Crippen MR) is 96.0 cm³/mol. The molecule has 2 aromatic carbocycles. The molecule has 0 aliphatic rings. The summed E-state index contributed by atoms with van der Waals surface area (Å²) in [7, 11) is 0. The van der Waals surface area contributed by atoms with E-state index in [0.29, 0.717) is 5.75 Å². The molecule has 0 aromatic heterocycles. The van der Waals surface area contributed by atoms with Gasteiger partial charge in [-0.15, -0.1) is 11.8 Å². The van der Waals surface area contributed by atoms with Gasteiger partial charge in [0.15, 0.2) is 0 Å². The van der Waals surface area contributed by atoms with E-state index >= 15 is 0 Å². The van der Waals surface area contributed by atoms with Crippen LogP contribution >= 0.6 is 11.8 Å². The van der Waals surface area contributed by atoms with Crippen molar-refractivity contribution in [2.45, 2.75) is 25.7 Å². The maximum absolute atomic E-state index is 12.0. The van der Waals surface area contributed by atoms with Crippen LogP contribution in [0, 0.1) is 13.8 Å². The Bertz CT molecular complexity index is 711. The number of hydrogen-bond donors (Lipinski definition) is 2. The summed E-state index contributed by atoms with van der Waals surface area (Å²) < 4.78 is 0. The highest BCUT2D eigenvalue weighted by atomic mass is 32.2. The van der Waals surface area contributed by atoms with E-state index in [0.717, 1.165) is 21.8 Å². The second-order valence-corrected chi connectivity index (χ2v) is 6.41. The van der Waals surface area contributed by atoms with E-state index in [1.54, 1.807) is 0 Å². The fraction of sp³-hybridized carbons (Fsp3) is 0.222. The molecule has 120 valence electrons. The largest absolute Gasteiger partial charge is 0.326 e. The van der Waals surface area contributed by atoms with Gasteiger partial charge in [0.1, 0.15) is 0 Å². The number of thioether (sulfide) groups is 1. The van der Waals surface area contributed by atoms with Gasteiger partial charge in [-0.25, -0.2) is 0 Å². The van der Waals surface area contributed by atoms with Crippen LogP contribution in [-0.4, -0.2) is 17.6 Å². The third-order valence-corrected chi connectivity index (χ3v) is 4.21. The van der Waals surface area contributed by atoms with Crippen molar-refractivity contribution < 1.29 is 9.59 Å². The quantitative estimate of drug-likeness (QED) is 0.816. The van der Waals surface area contributed by atoms with E-state index in [9.17, 15) is 9.59 Å². The molecule has 2 amide bonds. The van der Waals surface area contributed by atoms with Crippen LogP contribution in [0.3, 0.4) is 0 Å². The minimum Gasteiger partial charge on any atom is -0.326 e.